The number of terminal acetylenes is 1. The van der Waals surface area contributed by atoms with Gasteiger partial charge in [-0.2, -0.15) is 5.10 Å². The second kappa shape index (κ2) is 8.75. The van der Waals surface area contributed by atoms with Crippen LogP contribution in [0.25, 0.3) is 22.1 Å². The zero-order valence-corrected chi connectivity index (χ0v) is 20.7. The Labute approximate surface area is 213 Å². The molecule has 1 aliphatic carbocycles. The van der Waals surface area contributed by atoms with Crippen molar-refractivity contribution in [2.45, 2.75) is 39.2 Å². The average Bonchev–Trinajstić information content (AvgIpc) is 3.26. The number of hydrogen-bond acceptors (Lipinski definition) is 4. The minimum atomic E-state index is -0.474. The van der Waals surface area contributed by atoms with Gasteiger partial charge in [0.15, 0.2) is 5.65 Å². The highest BCUT2D eigenvalue weighted by atomic mass is 16.2. The van der Waals surface area contributed by atoms with Crippen molar-refractivity contribution < 1.29 is 4.79 Å². The number of nitrogens with zero attached hydrogens (tertiary/aromatic N) is 4. The first kappa shape index (κ1) is 22.7. The fourth-order valence-corrected chi connectivity index (χ4v) is 5.62. The van der Waals surface area contributed by atoms with E-state index in [9.17, 15) is 9.59 Å². The van der Waals surface area contributed by atoms with E-state index in [0.717, 1.165) is 47.2 Å². The molecule has 3 heterocycles. The van der Waals surface area contributed by atoms with E-state index >= 15 is 0 Å². The quantitative estimate of drug-likeness (QED) is 0.383. The Morgan fingerprint density at radius 1 is 1.11 bits per heavy atom. The second-order valence-electron chi connectivity index (χ2n) is 9.40. The molecule has 0 saturated heterocycles. The number of fused-ring (bicyclic) bond motifs is 1. The molecule has 7 heteroatoms. The summed E-state index contributed by atoms with van der Waals surface area (Å²) in [4.78, 5) is 32.1. The molecule has 5 aromatic rings. The molecule has 6 rings (SSSR count). The van der Waals surface area contributed by atoms with Crippen LogP contribution in [0.3, 0.4) is 0 Å². The minimum absolute atomic E-state index is 0.174. The van der Waals surface area contributed by atoms with Gasteiger partial charge in [0, 0.05) is 23.6 Å². The van der Waals surface area contributed by atoms with Crippen LogP contribution in [0.1, 0.15) is 57.8 Å². The predicted molar refractivity (Wildman–Crippen MR) is 143 cm³/mol. The number of nitrogens with one attached hydrogen (secondary N) is 1. The Morgan fingerprint density at radius 3 is 2.70 bits per heavy atom. The number of rotatable bonds is 4. The van der Waals surface area contributed by atoms with E-state index in [0.29, 0.717) is 27.9 Å². The third-order valence-corrected chi connectivity index (χ3v) is 7.16. The van der Waals surface area contributed by atoms with Gasteiger partial charge in [-0.15, -0.1) is 6.42 Å². The lowest BCUT2D eigenvalue weighted by molar-refractivity contribution is 0.0939. The Balaban J connectivity index is 1.58. The number of para-hydroxylation sites is 1. The van der Waals surface area contributed by atoms with Crippen LogP contribution in [0.2, 0.25) is 0 Å². The van der Waals surface area contributed by atoms with E-state index in [1.165, 1.54) is 0 Å². The Kier molecular flexibility index (Phi) is 5.38. The van der Waals surface area contributed by atoms with Crippen LogP contribution in [0.15, 0.2) is 65.7 Å². The Bertz CT molecular complexity index is 1810. The third kappa shape index (κ3) is 3.53. The van der Waals surface area contributed by atoms with Crippen LogP contribution in [-0.2, 0) is 12.8 Å². The molecule has 0 fully saturated rings. The van der Waals surface area contributed by atoms with Crippen LogP contribution >= 0.6 is 0 Å². The number of carbonyl (C=O) groups excluding carboxylic acids is 1. The maximum atomic E-state index is 14.2. The van der Waals surface area contributed by atoms with Gasteiger partial charge in [0.2, 0.25) is 0 Å². The van der Waals surface area contributed by atoms with E-state index in [4.69, 9.17) is 6.42 Å². The standard InChI is InChI=1S/C30H25N5O2/c1-4-20-14-15-21-10-8-13-23-25(21)26(20)30(37)35(22-11-6-5-7-12-22)27(23)19(3)32-29(36)24-18(2)33-34-17-9-16-31-28(24)34/h1,5-7,9,11-12,14-17,19H,8,10,13H2,2-3H3,(H,32,36)/t19-/m1/s1. The third-order valence-electron chi connectivity index (χ3n) is 7.16. The van der Waals surface area contributed by atoms with Gasteiger partial charge >= 0.3 is 0 Å². The van der Waals surface area contributed by atoms with Crippen molar-refractivity contribution in [3.8, 4) is 18.0 Å². The van der Waals surface area contributed by atoms with E-state index < -0.39 is 6.04 Å². The number of carbonyl (C=O) groups is 1. The van der Waals surface area contributed by atoms with Crippen LogP contribution in [0, 0.1) is 19.3 Å². The fourth-order valence-electron chi connectivity index (χ4n) is 5.62. The van der Waals surface area contributed by atoms with Gasteiger partial charge in [-0.1, -0.05) is 30.2 Å². The molecule has 1 aliphatic rings. The molecule has 1 atom stereocenters. The molecule has 0 aliphatic heterocycles. The first-order valence-corrected chi connectivity index (χ1v) is 12.4. The molecule has 182 valence electrons. The van der Waals surface area contributed by atoms with E-state index in [-0.39, 0.29) is 11.5 Å². The van der Waals surface area contributed by atoms with Gasteiger partial charge in [-0.05, 0) is 73.9 Å². The molecule has 7 nitrogen and oxygen atoms in total. The molecule has 0 unspecified atom stereocenters. The topological polar surface area (TPSA) is 81.3 Å². The minimum Gasteiger partial charge on any atom is -0.344 e. The summed E-state index contributed by atoms with van der Waals surface area (Å²) < 4.78 is 3.32. The number of amides is 1. The number of pyridine rings is 1. The van der Waals surface area contributed by atoms with Gasteiger partial charge in [0.25, 0.3) is 11.5 Å². The van der Waals surface area contributed by atoms with Crippen molar-refractivity contribution in [3.05, 3.63) is 105 Å². The van der Waals surface area contributed by atoms with E-state index in [1.807, 2.05) is 49.4 Å². The Hall–Kier alpha value is -4.70. The second-order valence-corrected chi connectivity index (χ2v) is 9.40. The summed E-state index contributed by atoms with van der Waals surface area (Å²) in [6.07, 6.45) is 11.9. The van der Waals surface area contributed by atoms with Crippen molar-refractivity contribution >= 4 is 22.3 Å². The van der Waals surface area contributed by atoms with Crippen LogP contribution < -0.4 is 10.9 Å². The number of benzene rings is 2. The monoisotopic (exact) mass is 487 g/mol. The summed E-state index contributed by atoms with van der Waals surface area (Å²) >= 11 is 0. The molecular formula is C30H25N5O2. The van der Waals surface area contributed by atoms with Crippen molar-refractivity contribution in [3.63, 3.8) is 0 Å². The molecule has 2 aromatic carbocycles. The maximum absolute atomic E-state index is 14.2. The number of aryl methyl sites for hydroxylation is 3. The van der Waals surface area contributed by atoms with Crippen LogP contribution in [-0.4, -0.2) is 25.1 Å². The van der Waals surface area contributed by atoms with E-state index in [1.54, 1.807) is 34.5 Å². The molecule has 1 amide bonds. The van der Waals surface area contributed by atoms with Crippen molar-refractivity contribution in [2.24, 2.45) is 0 Å². The zero-order valence-electron chi connectivity index (χ0n) is 20.7. The average molecular weight is 488 g/mol. The van der Waals surface area contributed by atoms with Gasteiger partial charge in [-0.3, -0.25) is 14.2 Å². The Morgan fingerprint density at radius 2 is 1.92 bits per heavy atom. The van der Waals surface area contributed by atoms with Gasteiger partial charge in [0.1, 0.15) is 5.56 Å². The predicted octanol–water partition coefficient (Wildman–Crippen LogP) is 4.30. The lowest BCUT2D eigenvalue weighted by Crippen LogP contribution is -2.34. The fraction of sp³-hybridized carbons (Fsp3) is 0.200. The van der Waals surface area contributed by atoms with Crippen molar-refractivity contribution in [1.82, 2.24) is 24.5 Å². The summed E-state index contributed by atoms with van der Waals surface area (Å²) in [6.45, 7) is 3.71. The molecule has 37 heavy (non-hydrogen) atoms. The summed E-state index contributed by atoms with van der Waals surface area (Å²) in [5.41, 5.74) is 5.60. The van der Waals surface area contributed by atoms with Crippen LogP contribution in [0.4, 0.5) is 0 Å². The first-order chi connectivity index (χ1) is 18.0. The first-order valence-electron chi connectivity index (χ1n) is 12.4. The molecule has 1 N–H and O–H groups in total. The molecule has 0 bridgehead atoms. The van der Waals surface area contributed by atoms with Gasteiger partial charge < -0.3 is 5.32 Å². The van der Waals surface area contributed by atoms with Crippen molar-refractivity contribution in [2.75, 3.05) is 0 Å². The lowest BCUT2D eigenvalue weighted by Gasteiger charge is -2.28. The summed E-state index contributed by atoms with van der Waals surface area (Å²) in [7, 11) is 0. The van der Waals surface area contributed by atoms with Gasteiger partial charge in [0.05, 0.1) is 22.8 Å². The highest BCUT2D eigenvalue weighted by molar-refractivity contribution is 6.01. The maximum Gasteiger partial charge on any atom is 0.264 e. The molecule has 3 aromatic heterocycles. The summed E-state index contributed by atoms with van der Waals surface area (Å²) in [6, 6.07) is 14.7. The molecule has 0 saturated carbocycles. The molecular weight excluding hydrogens is 462 g/mol. The zero-order chi connectivity index (χ0) is 25.7. The highest BCUT2D eigenvalue weighted by Crippen LogP contribution is 2.35. The number of hydrogen-bond donors (Lipinski definition) is 1. The lowest BCUT2D eigenvalue weighted by atomic mass is 9.85. The SMILES string of the molecule is C#Cc1ccc2c3c(c([C@@H](C)NC(=O)c4c(C)nn5cccnc45)n(-c4ccccc4)c(=O)c13)CCC2. The van der Waals surface area contributed by atoms with Crippen LogP contribution in [0.5, 0.6) is 0 Å². The molecule has 0 spiro atoms. The largest absolute Gasteiger partial charge is 0.344 e. The van der Waals surface area contributed by atoms with Crippen molar-refractivity contribution in [1.29, 1.82) is 0 Å². The smallest absolute Gasteiger partial charge is 0.264 e. The summed E-state index contributed by atoms with van der Waals surface area (Å²) in [5.74, 6) is 2.43. The van der Waals surface area contributed by atoms with Gasteiger partial charge in [-0.25, -0.2) is 9.50 Å². The normalized spacial score (nSPS) is 13.4. The van der Waals surface area contributed by atoms with E-state index in [2.05, 4.69) is 21.3 Å². The number of aromatic nitrogens is 4. The highest BCUT2D eigenvalue weighted by Gasteiger charge is 2.28. The summed E-state index contributed by atoms with van der Waals surface area (Å²) in [5, 5.41) is 9.08. The molecule has 0 radical (unpaired) electrons.